The summed E-state index contributed by atoms with van der Waals surface area (Å²) in [5.41, 5.74) is 11.1. The summed E-state index contributed by atoms with van der Waals surface area (Å²) in [4.78, 5) is 12.3. The van der Waals surface area contributed by atoms with Crippen LogP contribution in [0.5, 0.6) is 0 Å². The standard InChI is InChI=1S/C21H23FN4O/c1-13-10-16(4-6-18(13)22)12-26-9-8-20(25-26)24-21(27)11-17-5-7-19(23)15(3)14(17)2/h4-10H,11-12,23H2,1-3H3,(H,24,25,27). The van der Waals surface area contributed by atoms with Crippen LogP contribution in [0.4, 0.5) is 15.9 Å². The maximum Gasteiger partial charge on any atom is 0.230 e. The first-order valence-electron chi connectivity index (χ1n) is 8.76. The van der Waals surface area contributed by atoms with Crippen molar-refractivity contribution in [3.8, 4) is 0 Å². The molecule has 0 aliphatic carbocycles. The number of rotatable bonds is 5. The predicted molar refractivity (Wildman–Crippen MR) is 105 cm³/mol. The molecule has 0 fully saturated rings. The van der Waals surface area contributed by atoms with Crippen molar-refractivity contribution in [2.24, 2.45) is 0 Å². The number of hydrogen-bond donors (Lipinski definition) is 2. The molecule has 3 N–H and O–H groups in total. The third-order valence-electron chi connectivity index (χ3n) is 4.77. The number of aromatic nitrogens is 2. The fourth-order valence-electron chi connectivity index (χ4n) is 2.96. The van der Waals surface area contributed by atoms with E-state index in [0.717, 1.165) is 27.9 Å². The van der Waals surface area contributed by atoms with Crippen LogP contribution in [0.2, 0.25) is 0 Å². The van der Waals surface area contributed by atoms with Gasteiger partial charge in [0.1, 0.15) is 5.82 Å². The summed E-state index contributed by atoms with van der Waals surface area (Å²) in [7, 11) is 0. The van der Waals surface area contributed by atoms with Crippen molar-refractivity contribution in [3.63, 3.8) is 0 Å². The fraction of sp³-hybridized carbons (Fsp3) is 0.238. The molecular weight excluding hydrogens is 343 g/mol. The van der Waals surface area contributed by atoms with Crippen LogP contribution in [-0.4, -0.2) is 15.7 Å². The Labute approximate surface area is 158 Å². The average Bonchev–Trinajstić information content (AvgIpc) is 3.05. The van der Waals surface area contributed by atoms with Gasteiger partial charge in [-0.15, -0.1) is 0 Å². The molecule has 1 heterocycles. The van der Waals surface area contributed by atoms with Gasteiger partial charge in [0.15, 0.2) is 5.82 Å². The molecule has 0 bridgehead atoms. The highest BCUT2D eigenvalue weighted by Crippen LogP contribution is 2.20. The van der Waals surface area contributed by atoms with Crippen LogP contribution in [0.1, 0.15) is 27.8 Å². The summed E-state index contributed by atoms with van der Waals surface area (Å²) in [5.74, 6) is 0.133. The fourth-order valence-corrected chi connectivity index (χ4v) is 2.96. The van der Waals surface area contributed by atoms with Crippen LogP contribution in [0, 0.1) is 26.6 Å². The minimum absolute atomic E-state index is 0.134. The number of halogens is 1. The van der Waals surface area contributed by atoms with Crippen LogP contribution < -0.4 is 11.1 Å². The first-order chi connectivity index (χ1) is 12.8. The maximum atomic E-state index is 13.4. The minimum Gasteiger partial charge on any atom is -0.399 e. The topological polar surface area (TPSA) is 72.9 Å². The lowest BCUT2D eigenvalue weighted by Crippen LogP contribution is -2.16. The number of hydrogen-bond acceptors (Lipinski definition) is 3. The molecule has 3 rings (SSSR count). The summed E-state index contributed by atoms with van der Waals surface area (Å²) in [6.07, 6.45) is 2.05. The van der Waals surface area contributed by atoms with E-state index in [1.54, 1.807) is 36.0 Å². The number of benzene rings is 2. The highest BCUT2D eigenvalue weighted by atomic mass is 19.1. The van der Waals surface area contributed by atoms with Gasteiger partial charge in [-0.1, -0.05) is 18.2 Å². The predicted octanol–water partition coefficient (Wildman–Crippen LogP) is 3.76. The molecule has 1 aromatic heterocycles. The SMILES string of the molecule is Cc1cc(Cn2ccc(NC(=O)Cc3ccc(N)c(C)c3C)n2)ccc1F. The number of aryl methyl sites for hydroxylation is 1. The van der Waals surface area contributed by atoms with E-state index in [0.29, 0.717) is 17.9 Å². The van der Waals surface area contributed by atoms with Crippen molar-refractivity contribution < 1.29 is 9.18 Å². The number of anilines is 2. The first kappa shape index (κ1) is 18.6. The number of amides is 1. The molecule has 6 heteroatoms. The monoisotopic (exact) mass is 366 g/mol. The van der Waals surface area contributed by atoms with E-state index < -0.39 is 0 Å². The summed E-state index contributed by atoms with van der Waals surface area (Å²) in [5, 5.41) is 7.18. The van der Waals surface area contributed by atoms with E-state index in [1.165, 1.54) is 6.07 Å². The molecule has 5 nitrogen and oxygen atoms in total. The summed E-state index contributed by atoms with van der Waals surface area (Å²) < 4.78 is 15.1. The molecule has 0 aliphatic heterocycles. The Morgan fingerprint density at radius 2 is 1.93 bits per heavy atom. The molecule has 0 spiro atoms. The highest BCUT2D eigenvalue weighted by Gasteiger charge is 2.11. The lowest BCUT2D eigenvalue weighted by Gasteiger charge is -2.10. The summed E-state index contributed by atoms with van der Waals surface area (Å²) in [6, 6.07) is 10.4. The molecule has 2 aromatic carbocycles. The third kappa shape index (κ3) is 4.34. The second kappa shape index (κ2) is 7.61. The van der Waals surface area contributed by atoms with Crippen LogP contribution in [-0.2, 0) is 17.8 Å². The lowest BCUT2D eigenvalue weighted by atomic mass is 9.99. The second-order valence-corrected chi connectivity index (χ2v) is 6.77. The normalized spacial score (nSPS) is 10.8. The van der Waals surface area contributed by atoms with E-state index in [1.807, 2.05) is 26.0 Å². The van der Waals surface area contributed by atoms with Crippen LogP contribution in [0.3, 0.4) is 0 Å². The quantitative estimate of drug-likeness (QED) is 0.675. The molecule has 140 valence electrons. The number of carbonyl (C=O) groups is 1. The van der Waals surface area contributed by atoms with Gasteiger partial charge in [0.2, 0.25) is 5.91 Å². The van der Waals surface area contributed by atoms with Gasteiger partial charge in [0, 0.05) is 18.0 Å². The van der Waals surface area contributed by atoms with Crippen molar-refractivity contribution in [2.75, 3.05) is 11.1 Å². The number of nitrogen functional groups attached to an aromatic ring is 1. The van der Waals surface area contributed by atoms with E-state index in [9.17, 15) is 9.18 Å². The Morgan fingerprint density at radius 3 is 2.67 bits per heavy atom. The molecular formula is C21H23FN4O. The Bertz CT molecular complexity index is 994. The molecule has 0 radical (unpaired) electrons. The molecule has 3 aromatic rings. The largest absolute Gasteiger partial charge is 0.399 e. The Kier molecular flexibility index (Phi) is 5.26. The van der Waals surface area contributed by atoms with Gasteiger partial charge in [-0.25, -0.2) is 4.39 Å². The van der Waals surface area contributed by atoms with Gasteiger partial charge >= 0.3 is 0 Å². The van der Waals surface area contributed by atoms with Crippen LogP contribution in [0.25, 0.3) is 0 Å². The van der Waals surface area contributed by atoms with Gasteiger partial charge in [-0.3, -0.25) is 9.48 Å². The van der Waals surface area contributed by atoms with Gasteiger partial charge in [0.05, 0.1) is 13.0 Å². The van der Waals surface area contributed by atoms with Crippen molar-refractivity contribution >= 4 is 17.4 Å². The Balaban J connectivity index is 1.64. The molecule has 1 amide bonds. The van der Waals surface area contributed by atoms with E-state index in [2.05, 4.69) is 10.4 Å². The third-order valence-corrected chi connectivity index (χ3v) is 4.77. The number of nitrogens with zero attached hydrogens (tertiary/aromatic N) is 2. The number of nitrogens with one attached hydrogen (secondary N) is 1. The molecule has 0 saturated carbocycles. The van der Waals surface area contributed by atoms with Crippen molar-refractivity contribution in [3.05, 3.63) is 76.2 Å². The minimum atomic E-state index is -0.222. The van der Waals surface area contributed by atoms with Crippen molar-refractivity contribution in [1.29, 1.82) is 0 Å². The Morgan fingerprint density at radius 1 is 1.15 bits per heavy atom. The van der Waals surface area contributed by atoms with Gasteiger partial charge < -0.3 is 11.1 Å². The molecule has 0 atom stereocenters. The summed E-state index contributed by atoms with van der Waals surface area (Å²) >= 11 is 0. The second-order valence-electron chi connectivity index (χ2n) is 6.77. The van der Waals surface area contributed by atoms with E-state index >= 15 is 0 Å². The lowest BCUT2D eigenvalue weighted by molar-refractivity contribution is -0.115. The smallest absolute Gasteiger partial charge is 0.230 e. The maximum absolute atomic E-state index is 13.4. The first-order valence-corrected chi connectivity index (χ1v) is 8.76. The zero-order chi connectivity index (χ0) is 19.6. The highest BCUT2D eigenvalue weighted by molar-refractivity contribution is 5.91. The van der Waals surface area contributed by atoms with Crippen molar-refractivity contribution in [2.45, 2.75) is 33.7 Å². The molecule has 0 saturated heterocycles. The van der Waals surface area contributed by atoms with Gasteiger partial charge in [-0.2, -0.15) is 5.10 Å². The molecule has 0 aliphatic rings. The van der Waals surface area contributed by atoms with Crippen LogP contribution in [0.15, 0.2) is 42.6 Å². The van der Waals surface area contributed by atoms with E-state index in [-0.39, 0.29) is 18.1 Å². The van der Waals surface area contributed by atoms with E-state index in [4.69, 9.17) is 5.73 Å². The Hall–Kier alpha value is -3.15. The van der Waals surface area contributed by atoms with Crippen LogP contribution >= 0.6 is 0 Å². The zero-order valence-electron chi connectivity index (χ0n) is 15.7. The summed E-state index contributed by atoms with van der Waals surface area (Å²) in [6.45, 7) is 6.15. The molecule has 27 heavy (non-hydrogen) atoms. The average molecular weight is 366 g/mol. The zero-order valence-corrected chi connectivity index (χ0v) is 15.7. The van der Waals surface area contributed by atoms with Gasteiger partial charge in [-0.05, 0) is 60.7 Å². The molecule has 0 unspecified atom stereocenters. The van der Waals surface area contributed by atoms with Gasteiger partial charge in [0.25, 0.3) is 0 Å². The number of nitrogens with two attached hydrogens (primary N) is 1. The van der Waals surface area contributed by atoms with Crippen molar-refractivity contribution in [1.82, 2.24) is 9.78 Å². The number of carbonyl (C=O) groups excluding carboxylic acids is 1.